The van der Waals surface area contributed by atoms with Crippen LogP contribution in [0.4, 0.5) is 0 Å². The van der Waals surface area contributed by atoms with Gasteiger partial charge in [-0.2, -0.15) is 0 Å². The molecule has 2 aliphatic rings. The van der Waals surface area contributed by atoms with Gasteiger partial charge in [-0.3, -0.25) is 14.6 Å². The van der Waals surface area contributed by atoms with Crippen molar-refractivity contribution in [3.05, 3.63) is 82.8 Å². The van der Waals surface area contributed by atoms with Crippen LogP contribution < -0.4 is 14.8 Å². The van der Waals surface area contributed by atoms with Gasteiger partial charge in [0.2, 0.25) is 6.79 Å². The Kier molecular flexibility index (Phi) is 7.85. The number of benzene rings is 2. The molecule has 36 heavy (non-hydrogen) atoms. The lowest BCUT2D eigenvalue weighted by molar-refractivity contribution is 0.0321. The number of hydrogen-bond acceptors (Lipinski definition) is 7. The molecule has 1 aromatic heterocycles. The third-order valence-corrected chi connectivity index (χ3v) is 6.48. The van der Waals surface area contributed by atoms with Crippen LogP contribution in [0.1, 0.15) is 33.0 Å². The normalized spacial score (nSPS) is 15.4. The largest absolute Gasteiger partial charge is 0.455 e. The van der Waals surface area contributed by atoms with Crippen molar-refractivity contribution in [2.75, 3.05) is 46.2 Å². The molecule has 1 fully saturated rings. The minimum atomic E-state index is -0.210. The first-order valence-electron chi connectivity index (χ1n) is 12.5. The number of hydrogen-bond donors (Lipinski definition) is 1. The number of carbonyl (C=O) groups is 1. The fourth-order valence-electron chi connectivity index (χ4n) is 4.52. The SMILES string of the molecule is Cc1cccc(CNC(=O)c2ccc(CN(CCN3CCOCC3)Cc3ccc4c(c3)OCO4)o2)c1. The summed E-state index contributed by atoms with van der Waals surface area (Å²) in [7, 11) is 0. The number of rotatable bonds is 10. The van der Waals surface area contributed by atoms with Gasteiger partial charge in [-0.05, 0) is 42.3 Å². The van der Waals surface area contributed by atoms with Crippen LogP contribution in [0.15, 0.2) is 59.0 Å². The zero-order valence-electron chi connectivity index (χ0n) is 20.7. The molecule has 8 nitrogen and oxygen atoms in total. The molecular formula is C28H33N3O5. The average Bonchev–Trinajstić information content (AvgIpc) is 3.56. The molecule has 3 heterocycles. The van der Waals surface area contributed by atoms with Crippen molar-refractivity contribution in [2.45, 2.75) is 26.6 Å². The fourth-order valence-corrected chi connectivity index (χ4v) is 4.52. The minimum absolute atomic E-state index is 0.210. The quantitative estimate of drug-likeness (QED) is 0.465. The first-order chi connectivity index (χ1) is 17.6. The van der Waals surface area contributed by atoms with E-state index < -0.39 is 0 Å². The Morgan fingerprint density at radius 2 is 1.83 bits per heavy atom. The van der Waals surface area contributed by atoms with Gasteiger partial charge < -0.3 is 23.9 Å². The number of furan rings is 1. The summed E-state index contributed by atoms with van der Waals surface area (Å²) in [5.41, 5.74) is 3.37. The maximum absolute atomic E-state index is 12.7. The van der Waals surface area contributed by atoms with Crippen LogP contribution in [-0.2, 0) is 24.4 Å². The lowest BCUT2D eigenvalue weighted by Gasteiger charge is -2.29. The summed E-state index contributed by atoms with van der Waals surface area (Å²) in [6.45, 7) is 9.37. The second-order valence-corrected chi connectivity index (χ2v) is 9.29. The average molecular weight is 492 g/mol. The molecule has 2 aliphatic heterocycles. The lowest BCUT2D eigenvalue weighted by Crippen LogP contribution is -2.41. The highest BCUT2D eigenvalue weighted by molar-refractivity contribution is 5.91. The number of fused-ring (bicyclic) bond motifs is 1. The molecule has 190 valence electrons. The molecule has 0 aliphatic carbocycles. The van der Waals surface area contributed by atoms with Crippen LogP contribution in [0, 0.1) is 6.92 Å². The molecule has 2 aromatic carbocycles. The van der Waals surface area contributed by atoms with Crippen molar-refractivity contribution in [1.29, 1.82) is 0 Å². The van der Waals surface area contributed by atoms with E-state index >= 15 is 0 Å². The predicted molar refractivity (Wildman–Crippen MR) is 135 cm³/mol. The van der Waals surface area contributed by atoms with Crippen LogP contribution in [0.5, 0.6) is 11.5 Å². The van der Waals surface area contributed by atoms with Gasteiger partial charge in [-0.25, -0.2) is 0 Å². The summed E-state index contributed by atoms with van der Waals surface area (Å²) in [4.78, 5) is 17.4. The molecule has 5 rings (SSSR count). The number of ether oxygens (including phenoxy) is 3. The highest BCUT2D eigenvalue weighted by atomic mass is 16.7. The van der Waals surface area contributed by atoms with Crippen molar-refractivity contribution >= 4 is 5.91 Å². The Hall–Kier alpha value is -3.33. The summed E-state index contributed by atoms with van der Waals surface area (Å²) in [6.07, 6.45) is 0. The molecule has 0 unspecified atom stereocenters. The van der Waals surface area contributed by atoms with Crippen molar-refractivity contribution in [2.24, 2.45) is 0 Å². The molecule has 0 bridgehead atoms. The molecule has 1 saturated heterocycles. The monoisotopic (exact) mass is 491 g/mol. The van der Waals surface area contributed by atoms with Crippen molar-refractivity contribution in [3.63, 3.8) is 0 Å². The first-order valence-corrected chi connectivity index (χ1v) is 12.5. The highest BCUT2D eigenvalue weighted by Crippen LogP contribution is 2.33. The molecule has 0 atom stereocenters. The summed E-state index contributed by atoms with van der Waals surface area (Å²) in [5, 5.41) is 2.95. The molecule has 0 spiro atoms. The summed E-state index contributed by atoms with van der Waals surface area (Å²) in [6, 6.07) is 17.8. The zero-order chi connectivity index (χ0) is 24.7. The van der Waals surface area contributed by atoms with Crippen molar-refractivity contribution in [1.82, 2.24) is 15.1 Å². The number of nitrogens with one attached hydrogen (secondary N) is 1. The molecule has 8 heteroatoms. The van der Waals surface area contributed by atoms with E-state index in [-0.39, 0.29) is 12.7 Å². The number of aryl methyl sites for hydroxylation is 1. The summed E-state index contributed by atoms with van der Waals surface area (Å²) in [5.74, 6) is 2.45. The Morgan fingerprint density at radius 1 is 0.972 bits per heavy atom. The van der Waals surface area contributed by atoms with Crippen LogP contribution in [0.3, 0.4) is 0 Å². The molecule has 3 aromatic rings. The van der Waals surface area contributed by atoms with Crippen molar-refractivity contribution < 1.29 is 23.4 Å². The summed E-state index contributed by atoms with van der Waals surface area (Å²) < 4.78 is 22.5. The third-order valence-electron chi connectivity index (χ3n) is 6.48. The van der Waals surface area contributed by atoms with Gasteiger partial charge in [0.15, 0.2) is 17.3 Å². The van der Waals surface area contributed by atoms with Crippen LogP contribution in [-0.4, -0.2) is 61.9 Å². The molecule has 0 saturated carbocycles. The minimum Gasteiger partial charge on any atom is -0.455 e. The fraction of sp³-hybridized carbons (Fsp3) is 0.393. The molecule has 0 radical (unpaired) electrons. The van der Waals surface area contributed by atoms with Gasteiger partial charge >= 0.3 is 0 Å². The topological polar surface area (TPSA) is 76.4 Å². The first kappa shape index (κ1) is 24.4. The number of nitrogens with zero attached hydrogens (tertiary/aromatic N) is 2. The van der Waals surface area contributed by atoms with E-state index in [1.54, 1.807) is 6.07 Å². The number of amides is 1. The maximum Gasteiger partial charge on any atom is 0.287 e. The Morgan fingerprint density at radius 3 is 2.69 bits per heavy atom. The Labute approximate surface area is 211 Å². The van der Waals surface area contributed by atoms with E-state index in [0.29, 0.717) is 18.8 Å². The van der Waals surface area contributed by atoms with E-state index in [4.69, 9.17) is 18.6 Å². The van der Waals surface area contributed by atoms with E-state index in [2.05, 4.69) is 27.2 Å². The van der Waals surface area contributed by atoms with Gasteiger partial charge in [-0.1, -0.05) is 35.9 Å². The van der Waals surface area contributed by atoms with E-state index in [1.807, 2.05) is 43.3 Å². The second kappa shape index (κ2) is 11.6. The van der Waals surface area contributed by atoms with Crippen LogP contribution >= 0.6 is 0 Å². The second-order valence-electron chi connectivity index (χ2n) is 9.29. The van der Waals surface area contributed by atoms with E-state index in [9.17, 15) is 4.79 Å². The van der Waals surface area contributed by atoms with Gasteiger partial charge in [0.1, 0.15) is 5.76 Å². The van der Waals surface area contributed by atoms with Crippen LogP contribution in [0.2, 0.25) is 0 Å². The van der Waals surface area contributed by atoms with Crippen LogP contribution in [0.25, 0.3) is 0 Å². The summed E-state index contributed by atoms with van der Waals surface area (Å²) >= 11 is 0. The van der Waals surface area contributed by atoms with Gasteiger partial charge in [0.25, 0.3) is 5.91 Å². The van der Waals surface area contributed by atoms with Crippen molar-refractivity contribution in [3.8, 4) is 11.5 Å². The number of carbonyl (C=O) groups excluding carboxylic acids is 1. The van der Waals surface area contributed by atoms with E-state index in [1.165, 1.54) is 5.56 Å². The smallest absolute Gasteiger partial charge is 0.287 e. The van der Waals surface area contributed by atoms with E-state index in [0.717, 1.165) is 74.3 Å². The Balaban J connectivity index is 1.22. The maximum atomic E-state index is 12.7. The standard InChI is InChI=1S/C28H33N3O5/c1-21-3-2-4-22(15-21)17-29-28(32)26-8-6-24(36-26)19-31(10-9-30-11-13-33-14-12-30)18-23-5-7-25-27(16-23)35-20-34-25/h2-8,15-16H,9-14,17-20H2,1H3,(H,29,32). The molecule has 1 amide bonds. The Bertz CT molecular complexity index is 1170. The zero-order valence-corrected chi connectivity index (χ0v) is 20.7. The van der Waals surface area contributed by atoms with Gasteiger partial charge in [0, 0.05) is 39.3 Å². The third kappa shape index (κ3) is 6.46. The lowest BCUT2D eigenvalue weighted by atomic mass is 10.1. The highest BCUT2D eigenvalue weighted by Gasteiger charge is 2.18. The number of morpholine rings is 1. The predicted octanol–water partition coefficient (Wildman–Crippen LogP) is 3.58. The van der Waals surface area contributed by atoms with Gasteiger partial charge in [-0.15, -0.1) is 0 Å². The molecular weight excluding hydrogens is 458 g/mol. The van der Waals surface area contributed by atoms with Gasteiger partial charge in [0.05, 0.1) is 19.8 Å². The molecule has 1 N–H and O–H groups in total.